The summed E-state index contributed by atoms with van der Waals surface area (Å²) in [4.78, 5) is 18.0. The lowest BCUT2D eigenvalue weighted by Gasteiger charge is -2.10. The predicted octanol–water partition coefficient (Wildman–Crippen LogP) is 5.78. The number of aryl methyl sites for hydroxylation is 1. The van der Waals surface area contributed by atoms with Gasteiger partial charge in [0.1, 0.15) is 10.7 Å². The third kappa shape index (κ3) is 3.61. The minimum atomic E-state index is -4.85. The van der Waals surface area contributed by atoms with Gasteiger partial charge >= 0.3 is 6.18 Å². The Balaban J connectivity index is 1.63. The maximum Gasteiger partial charge on any atom is 0.419 e. The molecule has 1 N–H and O–H groups in total. The summed E-state index contributed by atoms with van der Waals surface area (Å²) >= 11 is 1.12. The molecule has 2 heterocycles. The molecular weight excluding hydrogens is 406 g/mol. The maximum absolute atomic E-state index is 13.4. The van der Waals surface area contributed by atoms with Crippen molar-refractivity contribution in [3.05, 3.63) is 76.7 Å². The first-order valence-corrected chi connectivity index (χ1v) is 9.27. The smallest absolute Gasteiger partial charge is 0.321 e. The van der Waals surface area contributed by atoms with Gasteiger partial charge in [0.2, 0.25) is 0 Å². The first-order valence-electron chi connectivity index (χ1n) is 8.46. The fourth-order valence-corrected chi connectivity index (χ4v) is 3.92. The van der Waals surface area contributed by atoms with Crippen molar-refractivity contribution in [2.45, 2.75) is 13.1 Å². The molecule has 0 aliphatic carbocycles. The van der Waals surface area contributed by atoms with Crippen LogP contribution in [0.15, 0.2) is 54.7 Å². The average molecular weight is 419 g/mol. The van der Waals surface area contributed by atoms with Gasteiger partial charge in [-0.05, 0) is 25.1 Å². The summed E-state index contributed by atoms with van der Waals surface area (Å²) in [5.74, 6) is -1.98. The number of anilines is 1. The minimum Gasteiger partial charge on any atom is -0.321 e. The molecule has 29 heavy (non-hydrogen) atoms. The summed E-state index contributed by atoms with van der Waals surface area (Å²) in [5, 5.41) is 2.40. The summed E-state index contributed by atoms with van der Waals surface area (Å²) in [6.45, 7) is 1.72. The SMILES string of the molecule is Cc1c(C(=O)Nc2ccc(F)c(C(F)(F)F)c2)sc2nc(-c3ccccc3)cn12. The van der Waals surface area contributed by atoms with Crippen LogP contribution in [0.5, 0.6) is 0 Å². The lowest BCUT2D eigenvalue weighted by atomic mass is 10.1. The molecule has 0 bridgehead atoms. The van der Waals surface area contributed by atoms with Crippen LogP contribution in [0.1, 0.15) is 20.9 Å². The van der Waals surface area contributed by atoms with Crippen molar-refractivity contribution in [3.8, 4) is 11.3 Å². The van der Waals surface area contributed by atoms with E-state index in [0.717, 1.165) is 28.7 Å². The molecule has 4 aromatic rings. The van der Waals surface area contributed by atoms with Gasteiger partial charge in [0.25, 0.3) is 5.91 Å². The molecule has 0 unspecified atom stereocenters. The summed E-state index contributed by atoms with van der Waals surface area (Å²) in [7, 11) is 0. The Morgan fingerprint density at radius 2 is 1.86 bits per heavy atom. The fraction of sp³-hybridized carbons (Fsp3) is 0.100. The number of thiazole rings is 1. The minimum absolute atomic E-state index is 0.140. The number of nitrogens with one attached hydrogen (secondary N) is 1. The number of carbonyl (C=O) groups is 1. The quantitative estimate of drug-likeness (QED) is 0.428. The Hall–Kier alpha value is -3.20. The third-order valence-corrected chi connectivity index (χ3v) is 5.52. The first-order chi connectivity index (χ1) is 13.7. The van der Waals surface area contributed by atoms with E-state index in [2.05, 4.69) is 10.3 Å². The molecule has 0 aliphatic heterocycles. The Labute approximate surface area is 166 Å². The largest absolute Gasteiger partial charge is 0.419 e. The van der Waals surface area contributed by atoms with Crippen LogP contribution in [0.3, 0.4) is 0 Å². The van der Waals surface area contributed by atoms with E-state index in [4.69, 9.17) is 0 Å². The van der Waals surface area contributed by atoms with Gasteiger partial charge in [0.05, 0.1) is 11.3 Å². The first kappa shape index (κ1) is 19.1. The zero-order valence-electron chi connectivity index (χ0n) is 14.9. The van der Waals surface area contributed by atoms with Crippen LogP contribution in [0.2, 0.25) is 0 Å². The van der Waals surface area contributed by atoms with Crippen LogP contribution in [0.4, 0.5) is 23.2 Å². The van der Waals surface area contributed by atoms with Gasteiger partial charge in [-0.3, -0.25) is 9.20 Å². The Kier molecular flexibility index (Phi) is 4.62. The number of alkyl halides is 3. The van der Waals surface area contributed by atoms with Crippen LogP contribution in [-0.2, 0) is 6.18 Å². The van der Waals surface area contributed by atoms with E-state index >= 15 is 0 Å². The van der Waals surface area contributed by atoms with E-state index in [9.17, 15) is 22.4 Å². The van der Waals surface area contributed by atoms with Crippen LogP contribution in [0.25, 0.3) is 16.2 Å². The second kappa shape index (κ2) is 7.00. The number of nitrogens with zero attached hydrogens (tertiary/aromatic N) is 2. The molecule has 0 aliphatic rings. The topological polar surface area (TPSA) is 46.4 Å². The molecular formula is C20H13F4N3OS. The molecule has 9 heteroatoms. The number of hydrogen-bond donors (Lipinski definition) is 1. The second-order valence-corrected chi connectivity index (χ2v) is 7.29. The molecule has 0 atom stereocenters. The van der Waals surface area contributed by atoms with Crippen molar-refractivity contribution in [1.82, 2.24) is 9.38 Å². The normalized spacial score (nSPS) is 11.8. The summed E-state index contributed by atoms with van der Waals surface area (Å²) < 4.78 is 53.8. The zero-order chi connectivity index (χ0) is 20.8. The monoisotopic (exact) mass is 419 g/mol. The van der Waals surface area contributed by atoms with E-state index in [1.807, 2.05) is 30.3 Å². The Morgan fingerprint density at radius 3 is 2.52 bits per heavy atom. The molecule has 0 saturated heterocycles. The number of rotatable bonds is 3. The fourth-order valence-electron chi connectivity index (χ4n) is 2.92. The Bertz CT molecular complexity index is 1210. The predicted molar refractivity (Wildman–Crippen MR) is 103 cm³/mol. The number of amides is 1. The van der Waals surface area contributed by atoms with E-state index in [1.54, 1.807) is 17.5 Å². The molecule has 1 amide bonds. The molecule has 4 nitrogen and oxygen atoms in total. The van der Waals surface area contributed by atoms with Crippen molar-refractivity contribution < 1.29 is 22.4 Å². The van der Waals surface area contributed by atoms with Crippen molar-refractivity contribution in [2.75, 3.05) is 5.32 Å². The summed E-state index contributed by atoms with van der Waals surface area (Å²) in [6, 6.07) is 11.9. The zero-order valence-corrected chi connectivity index (χ0v) is 15.7. The molecule has 0 spiro atoms. The average Bonchev–Trinajstić information content (AvgIpc) is 3.23. The highest BCUT2D eigenvalue weighted by molar-refractivity contribution is 7.19. The third-order valence-electron chi connectivity index (χ3n) is 4.36. The second-order valence-electron chi connectivity index (χ2n) is 6.31. The highest BCUT2D eigenvalue weighted by Crippen LogP contribution is 2.33. The number of imidazole rings is 1. The summed E-state index contributed by atoms with van der Waals surface area (Å²) in [6.07, 6.45) is -3.05. The molecule has 0 saturated carbocycles. The van der Waals surface area contributed by atoms with Crippen LogP contribution in [-0.4, -0.2) is 15.3 Å². The number of carbonyl (C=O) groups excluding carboxylic acids is 1. The van der Waals surface area contributed by atoms with Crippen LogP contribution in [0, 0.1) is 12.7 Å². The van der Waals surface area contributed by atoms with E-state index < -0.39 is 23.5 Å². The van der Waals surface area contributed by atoms with E-state index in [0.29, 0.717) is 27.7 Å². The number of aromatic nitrogens is 2. The number of hydrogen-bond acceptors (Lipinski definition) is 3. The van der Waals surface area contributed by atoms with Crippen molar-refractivity contribution in [1.29, 1.82) is 0 Å². The molecule has 4 rings (SSSR count). The molecule has 0 fully saturated rings. The number of halogens is 4. The van der Waals surface area contributed by atoms with Crippen LogP contribution < -0.4 is 5.32 Å². The van der Waals surface area contributed by atoms with E-state index in [-0.39, 0.29) is 5.69 Å². The number of benzene rings is 2. The van der Waals surface area contributed by atoms with E-state index in [1.165, 1.54) is 0 Å². The Morgan fingerprint density at radius 1 is 1.14 bits per heavy atom. The maximum atomic E-state index is 13.4. The van der Waals surface area contributed by atoms with Gasteiger partial charge in [-0.25, -0.2) is 9.37 Å². The molecule has 2 aromatic heterocycles. The van der Waals surface area contributed by atoms with Gasteiger partial charge in [-0.2, -0.15) is 13.2 Å². The number of fused-ring (bicyclic) bond motifs is 1. The summed E-state index contributed by atoms with van der Waals surface area (Å²) in [5.41, 5.74) is 0.718. The van der Waals surface area contributed by atoms with Crippen LogP contribution >= 0.6 is 11.3 Å². The molecule has 2 aromatic carbocycles. The van der Waals surface area contributed by atoms with Gasteiger partial charge < -0.3 is 5.32 Å². The van der Waals surface area contributed by atoms with Crippen molar-refractivity contribution >= 4 is 27.9 Å². The standard InChI is InChI=1S/C20H13F4N3OS/c1-11-17(18(28)25-13-7-8-15(21)14(9-13)20(22,23)24)29-19-26-16(10-27(11)19)12-5-3-2-4-6-12/h2-10H,1H3,(H,25,28). The lowest BCUT2D eigenvalue weighted by Crippen LogP contribution is -2.14. The van der Waals surface area contributed by atoms with Crippen molar-refractivity contribution in [2.24, 2.45) is 0 Å². The highest BCUT2D eigenvalue weighted by Gasteiger charge is 2.34. The van der Waals surface area contributed by atoms with Gasteiger partial charge in [0, 0.05) is 23.1 Å². The van der Waals surface area contributed by atoms with Gasteiger partial charge in [0.15, 0.2) is 4.96 Å². The molecule has 148 valence electrons. The van der Waals surface area contributed by atoms with Gasteiger partial charge in [-0.15, -0.1) is 0 Å². The van der Waals surface area contributed by atoms with Crippen molar-refractivity contribution in [3.63, 3.8) is 0 Å². The van der Waals surface area contributed by atoms with Gasteiger partial charge in [-0.1, -0.05) is 41.7 Å². The lowest BCUT2D eigenvalue weighted by molar-refractivity contribution is -0.139. The molecule has 0 radical (unpaired) electrons. The highest BCUT2D eigenvalue weighted by atomic mass is 32.1.